The van der Waals surface area contributed by atoms with E-state index in [1.165, 1.54) is 11.3 Å². The summed E-state index contributed by atoms with van der Waals surface area (Å²) in [5.74, 6) is 0.592. The third-order valence-corrected chi connectivity index (χ3v) is 5.46. The normalized spacial score (nSPS) is 11.1. The highest BCUT2D eigenvalue weighted by molar-refractivity contribution is 7.16. The van der Waals surface area contributed by atoms with Crippen molar-refractivity contribution < 1.29 is 19.1 Å². The van der Waals surface area contributed by atoms with Gasteiger partial charge in [-0.1, -0.05) is 11.6 Å². The molecule has 32 heavy (non-hydrogen) atoms. The van der Waals surface area contributed by atoms with Gasteiger partial charge >= 0.3 is 6.03 Å². The smallest absolute Gasteiger partial charge is 0.341 e. The highest BCUT2D eigenvalue weighted by atomic mass is 35.5. The topological polar surface area (TPSA) is 139 Å². The molecule has 0 aliphatic heterocycles. The summed E-state index contributed by atoms with van der Waals surface area (Å²) in [6, 6.07) is 4.29. The number of carbonyl (C=O) groups excluding carboxylic acids is 2. The number of amides is 2. The first-order valence-electron chi connectivity index (χ1n) is 9.26. The second kappa shape index (κ2) is 9.34. The van der Waals surface area contributed by atoms with Crippen molar-refractivity contribution in [1.29, 1.82) is 0 Å². The van der Waals surface area contributed by atoms with Crippen molar-refractivity contribution in [3.05, 3.63) is 41.3 Å². The number of nitrogens with one attached hydrogen (secondary N) is 1. The number of carbonyl (C=O) groups is 2. The molecule has 0 unspecified atom stereocenters. The molecule has 0 saturated heterocycles. The van der Waals surface area contributed by atoms with E-state index in [2.05, 4.69) is 25.9 Å². The lowest BCUT2D eigenvalue weighted by Crippen LogP contribution is -2.31. The Morgan fingerprint density at radius 2 is 2.22 bits per heavy atom. The Balaban J connectivity index is 1.58. The van der Waals surface area contributed by atoms with Gasteiger partial charge in [0.1, 0.15) is 16.8 Å². The van der Waals surface area contributed by atoms with Crippen LogP contribution in [0.5, 0.6) is 5.75 Å². The number of aromatic nitrogens is 5. The summed E-state index contributed by atoms with van der Waals surface area (Å²) in [4.78, 5) is 31.7. The first-order valence-corrected chi connectivity index (χ1v) is 10.5. The zero-order chi connectivity index (χ0) is 22.7. The van der Waals surface area contributed by atoms with Gasteiger partial charge in [-0.3, -0.25) is 9.36 Å². The SMILES string of the molecule is COCCNC(=O)COc1ccc(-c2cncn2-c2nn(C(N)=O)c3n[c]sc23)c(Cl)c1. The molecule has 0 spiro atoms. The van der Waals surface area contributed by atoms with E-state index in [9.17, 15) is 9.59 Å². The Morgan fingerprint density at radius 1 is 1.38 bits per heavy atom. The van der Waals surface area contributed by atoms with Crippen LogP contribution < -0.4 is 15.8 Å². The van der Waals surface area contributed by atoms with E-state index in [4.69, 9.17) is 26.8 Å². The van der Waals surface area contributed by atoms with Crippen molar-refractivity contribution in [2.24, 2.45) is 5.73 Å². The van der Waals surface area contributed by atoms with E-state index < -0.39 is 6.03 Å². The second-order valence-electron chi connectivity index (χ2n) is 6.45. The van der Waals surface area contributed by atoms with Gasteiger partial charge < -0.3 is 20.5 Å². The third kappa shape index (κ3) is 4.28. The number of thiazole rings is 1. The minimum atomic E-state index is -0.756. The second-order valence-corrected chi connectivity index (χ2v) is 7.66. The lowest BCUT2D eigenvalue weighted by atomic mass is 10.1. The molecule has 1 aromatic carbocycles. The number of primary amides is 1. The Hall–Kier alpha value is -3.48. The summed E-state index contributed by atoms with van der Waals surface area (Å²) in [6.45, 7) is 0.671. The summed E-state index contributed by atoms with van der Waals surface area (Å²) in [7, 11) is 1.56. The van der Waals surface area contributed by atoms with Gasteiger partial charge in [0.15, 0.2) is 23.6 Å². The molecule has 4 rings (SSSR count). The molecule has 3 N–H and O–H groups in total. The number of nitrogens with two attached hydrogens (primary N) is 1. The number of hydrogen-bond acceptors (Lipinski definition) is 8. The fraction of sp³-hybridized carbons (Fsp3) is 0.211. The Labute approximate surface area is 190 Å². The zero-order valence-corrected chi connectivity index (χ0v) is 18.3. The lowest BCUT2D eigenvalue weighted by Gasteiger charge is -2.11. The molecule has 165 valence electrons. The highest BCUT2D eigenvalue weighted by Gasteiger charge is 2.21. The maximum absolute atomic E-state index is 11.8. The van der Waals surface area contributed by atoms with Crippen LogP contribution in [0, 0.1) is 5.51 Å². The summed E-state index contributed by atoms with van der Waals surface area (Å²) >= 11 is 7.70. The standard InChI is InChI=1S/C19H17ClN7O4S/c1-30-5-4-23-15(28)8-31-11-2-3-12(13(20)6-11)14-7-22-9-26(14)18-16-17(24-10-32-16)27(25-18)19(21)29/h2-3,6-7,9H,4-5,8H2,1H3,(H2,21,29)(H,23,28). The van der Waals surface area contributed by atoms with Crippen molar-refractivity contribution in [2.45, 2.75) is 0 Å². The Kier molecular flexibility index (Phi) is 6.35. The van der Waals surface area contributed by atoms with Crippen LogP contribution in [0.15, 0.2) is 30.7 Å². The van der Waals surface area contributed by atoms with Crippen molar-refractivity contribution >= 4 is 45.2 Å². The first kappa shape index (κ1) is 21.7. The predicted molar refractivity (Wildman–Crippen MR) is 117 cm³/mol. The van der Waals surface area contributed by atoms with Crippen LogP contribution >= 0.6 is 22.9 Å². The number of halogens is 1. The molecule has 13 heteroatoms. The summed E-state index contributed by atoms with van der Waals surface area (Å²) in [6.07, 6.45) is 3.16. The van der Waals surface area contributed by atoms with E-state index in [0.29, 0.717) is 51.3 Å². The lowest BCUT2D eigenvalue weighted by molar-refractivity contribution is -0.123. The molecular weight excluding hydrogens is 458 g/mol. The summed E-state index contributed by atoms with van der Waals surface area (Å²) in [5.41, 5.74) is 9.73. The molecule has 11 nitrogen and oxygen atoms in total. The number of nitrogens with zero attached hydrogens (tertiary/aromatic N) is 5. The van der Waals surface area contributed by atoms with Crippen LogP contribution in [0.3, 0.4) is 0 Å². The molecule has 0 bridgehead atoms. The molecule has 0 atom stereocenters. The number of fused-ring (bicyclic) bond motifs is 1. The fourth-order valence-corrected chi connectivity index (χ4v) is 3.89. The van der Waals surface area contributed by atoms with Gasteiger partial charge in [-0.25, -0.2) is 14.8 Å². The largest absolute Gasteiger partial charge is 0.484 e. The van der Waals surface area contributed by atoms with Crippen molar-refractivity contribution in [2.75, 3.05) is 26.9 Å². The van der Waals surface area contributed by atoms with Gasteiger partial charge in [-0.15, -0.1) is 16.4 Å². The van der Waals surface area contributed by atoms with E-state index in [0.717, 1.165) is 4.68 Å². The first-order chi connectivity index (χ1) is 15.5. The quantitative estimate of drug-likeness (QED) is 0.371. The molecular formula is C19H17ClN7O4S. The summed E-state index contributed by atoms with van der Waals surface area (Å²) < 4.78 is 13.7. The average molecular weight is 475 g/mol. The maximum atomic E-state index is 11.8. The zero-order valence-electron chi connectivity index (χ0n) is 16.7. The number of imidazole rings is 1. The number of hydrogen-bond donors (Lipinski definition) is 2. The van der Waals surface area contributed by atoms with Gasteiger partial charge in [0.25, 0.3) is 5.91 Å². The van der Waals surface area contributed by atoms with Crippen LogP contribution in [0.25, 0.3) is 27.4 Å². The van der Waals surface area contributed by atoms with Crippen molar-refractivity contribution in [3.63, 3.8) is 0 Å². The predicted octanol–water partition coefficient (Wildman–Crippen LogP) is 1.87. The molecule has 0 fully saturated rings. The van der Waals surface area contributed by atoms with Gasteiger partial charge in [0, 0.05) is 19.2 Å². The van der Waals surface area contributed by atoms with Gasteiger partial charge in [-0.2, -0.15) is 4.68 Å². The van der Waals surface area contributed by atoms with E-state index >= 15 is 0 Å². The molecule has 0 aliphatic rings. The van der Waals surface area contributed by atoms with Gasteiger partial charge in [0.2, 0.25) is 0 Å². The number of methoxy groups -OCH3 is 1. The van der Waals surface area contributed by atoms with Crippen LogP contribution in [-0.4, -0.2) is 63.1 Å². The van der Waals surface area contributed by atoms with Crippen molar-refractivity contribution in [1.82, 2.24) is 29.6 Å². The van der Waals surface area contributed by atoms with Crippen LogP contribution in [0.4, 0.5) is 4.79 Å². The van der Waals surface area contributed by atoms with Crippen LogP contribution in [-0.2, 0) is 9.53 Å². The average Bonchev–Trinajstić information content (AvgIpc) is 3.49. The Bertz CT molecular complexity index is 1280. The minimum absolute atomic E-state index is 0.151. The molecule has 1 radical (unpaired) electrons. The molecule has 4 aromatic rings. The highest BCUT2D eigenvalue weighted by Crippen LogP contribution is 2.34. The van der Waals surface area contributed by atoms with E-state index in [1.54, 1.807) is 42.4 Å². The van der Waals surface area contributed by atoms with Crippen LogP contribution in [0.2, 0.25) is 5.02 Å². The van der Waals surface area contributed by atoms with E-state index in [1.807, 2.05) is 0 Å². The number of rotatable bonds is 8. The summed E-state index contributed by atoms with van der Waals surface area (Å²) in [5, 5.41) is 7.32. The minimum Gasteiger partial charge on any atom is -0.484 e. The van der Waals surface area contributed by atoms with Crippen LogP contribution in [0.1, 0.15) is 0 Å². The molecule has 0 saturated carbocycles. The monoisotopic (exact) mass is 474 g/mol. The van der Waals surface area contributed by atoms with E-state index in [-0.39, 0.29) is 12.5 Å². The third-order valence-electron chi connectivity index (χ3n) is 4.39. The number of ether oxygens (including phenoxy) is 2. The fourth-order valence-electron chi connectivity index (χ4n) is 2.94. The molecule has 3 heterocycles. The number of benzene rings is 1. The maximum Gasteiger partial charge on any atom is 0.341 e. The Morgan fingerprint density at radius 3 is 2.97 bits per heavy atom. The molecule has 2 amide bonds. The molecule has 3 aromatic heterocycles. The van der Waals surface area contributed by atoms with Crippen molar-refractivity contribution in [3.8, 4) is 22.8 Å². The van der Waals surface area contributed by atoms with Gasteiger partial charge in [0.05, 0.1) is 23.5 Å². The van der Waals surface area contributed by atoms with Gasteiger partial charge in [-0.05, 0) is 18.2 Å². The molecule has 0 aliphatic carbocycles.